The fourth-order valence-electron chi connectivity index (χ4n) is 3.18. The maximum Gasteiger partial charge on any atom is 0.416 e. The average molecular weight is 527 g/mol. The van der Waals surface area contributed by atoms with E-state index in [1.807, 2.05) is 53.9 Å². The number of halogens is 3. The number of carbonyl (C=O) groups excluding carboxylic acids is 1. The number of nitrogens with zero attached hydrogens (tertiary/aromatic N) is 1. The first-order chi connectivity index (χ1) is 17.3. The Bertz CT molecular complexity index is 1330. The monoisotopic (exact) mass is 526 g/mol. The molecule has 3 aromatic carbocycles. The quantitative estimate of drug-likeness (QED) is 0.188. The van der Waals surface area contributed by atoms with Crippen molar-refractivity contribution in [2.75, 3.05) is 12.4 Å². The second-order valence-corrected chi connectivity index (χ2v) is 9.55. The van der Waals surface area contributed by atoms with E-state index in [1.165, 1.54) is 41.3 Å². The number of methoxy groups -OCH3 is 1. The van der Waals surface area contributed by atoms with Crippen LogP contribution in [0.15, 0.2) is 89.1 Å². The van der Waals surface area contributed by atoms with Gasteiger partial charge in [0.2, 0.25) is 5.91 Å². The van der Waals surface area contributed by atoms with Gasteiger partial charge in [-0.25, -0.2) is 4.98 Å². The third-order valence-corrected chi connectivity index (χ3v) is 6.96. The van der Waals surface area contributed by atoms with Gasteiger partial charge in [0, 0.05) is 27.7 Å². The Kier molecular flexibility index (Phi) is 8.12. The van der Waals surface area contributed by atoms with Gasteiger partial charge in [-0.05, 0) is 65.7 Å². The molecule has 1 amide bonds. The summed E-state index contributed by atoms with van der Waals surface area (Å²) in [5.41, 5.74) is 2.71. The fraction of sp³-hybridized carbons (Fsp3) is 0.111. The molecule has 4 rings (SSSR count). The molecule has 0 bridgehead atoms. The number of rotatable bonds is 8. The van der Waals surface area contributed by atoms with E-state index in [1.54, 1.807) is 13.2 Å². The number of benzene rings is 3. The summed E-state index contributed by atoms with van der Waals surface area (Å²) in [6, 6.07) is 20.3. The third kappa shape index (κ3) is 6.99. The van der Waals surface area contributed by atoms with Gasteiger partial charge < -0.3 is 4.74 Å². The van der Waals surface area contributed by atoms with Crippen molar-refractivity contribution in [2.45, 2.75) is 16.8 Å². The highest BCUT2D eigenvalue weighted by Crippen LogP contribution is 2.30. The summed E-state index contributed by atoms with van der Waals surface area (Å²) in [5.74, 6) is 1.03. The van der Waals surface area contributed by atoms with Crippen LogP contribution in [-0.2, 0) is 16.7 Å². The van der Waals surface area contributed by atoms with Crippen LogP contribution in [0.5, 0.6) is 5.75 Å². The van der Waals surface area contributed by atoms with Crippen LogP contribution in [0.3, 0.4) is 0 Å². The lowest BCUT2D eigenvalue weighted by atomic mass is 10.1. The van der Waals surface area contributed by atoms with Crippen molar-refractivity contribution in [1.29, 1.82) is 0 Å². The molecule has 36 heavy (non-hydrogen) atoms. The molecule has 0 aliphatic heterocycles. The molecule has 9 heteroatoms. The van der Waals surface area contributed by atoms with E-state index in [2.05, 4.69) is 10.3 Å². The standard InChI is InChI=1S/C27H21F3N2O2S2/c1-34-22-11-7-20(8-12-22)24-17-36-26(31-24)32-25(33)15-6-18-4-13-23(14-5-18)35-16-19-2-9-21(10-3-19)27(28,29)30/h2-15,17H,16H2,1H3,(H,31,32,33)/b15-6+. The predicted molar refractivity (Wildman–Crippen MR) is 139 cm³/mol. The molecule has 1 heterocycles. The van der Waals surface area contributed by atoms with Gasteiger partial charge in [-0.2, -0.15) is 13.2 Å². The number of alkyl halides is 3. The summed E-state index contributed by atoms with van der Waals surface area (Å²) < 4.78 is 43.2. The molecule has 0 saturated carbocycles. The highest BCUT2D eigenvalue weighted by atomic mass is 32.2. The van der Waals surface area contributed by atoms with Gasteiger partial charge in [-0.15, -0.1) is 23.1 Å². The van der Waals surface area contributed by atoms with E-state index >= 15 is 0 Å². The van der Waals surface area contributed by atoms with Gasteiger partial charge in [-0.3, -0.25) is 10.1 Å². The molecule has 4 nitrogen and oxygen atoms in total. The molecule has 0 unspecified atom stereocenters. The fourth-order valence-corrected chi connectivity index (χ4v) is 4.75. The van der Waals surface area contributed by atoms with Gasteiger partial charge >= 0.3 is 6.18 Å². The number of ether oxygens (including phenoxy) is 1. The van der Waals surface area contributed by atoms with Crippen LogP contribution in [0.25, 0.3) is 17.3 Å². The van der Waals surface area contributed by atoms with Gasteiger partial charge in [0.1, 0.15) is 5.75 Å². The van der Waals surface area contributed by atoms with E-state index < -0.39 is 11.7 Å². The molecule has 0 aliphatic rings. The highest BCUT2D eigenvalue weighted by molar-refractivity contribution is 7.98. The zero-order chi connectivity index (χ0) is 25.5. The largest absolute Gasteiger partial charge is 0.497 e. The molecule has 1 aromatic heterocycles. The molecule has 0 saturated heterocycles. The normalized spacial score (nSPS) is 11.6. The Morgan fingerprint density at radius 3 is 2.36 bits per heavy atom. The molecule has 0 atom stereocenters. The Balaban J connectivity index is 1.28. The average Bonchev–Trinajstić information content (AvgIpc) is 3.35. The van der Waals surface area contributed by atoms with Crippen molar-refractivity contribution in [1.82, 2.24) is 4.98 Å². The minimum absolute atomic E-state index is 0.286. The van der Waals surface area contributed by atoms with E-state index in [0.29, 0.717) is 10.9 Å². The van der Waals surface area contributed by atoms with Gasteiger partial charge in [0.05, 0.1) is 18.4 Å². The number of anilines is 1. The van der Waals surface area contributed by atoms with Gasteiger partial charge in [0.15, 0.2) is 5.13 Å². The zero-order valence-corrected chi connectivity index (χ0v) is 20.7. The lowest BCUT2D eigenvalue weighted by Crippen LogP contribution is -2.07. The van der Waals surface area contributed by atoms with Crippen molar-refractivity contribution in [3.8, 4) is 17.0 Å². The highest BCUT2D eigenvalue weighted by Gasteiger charge is 2.29. The summed E-state index contributed by atoms with van der Waals surface area (Å²) in [5, 5.41) is 5.15. The molecule has 0 fully saturated rings. The summed E-state index contributed by atoms with van der Waals surface area (Å²) in [6.07, 6.45) is -1.18. The van der Waals surface area contributed by atoms with Crippen LogP contribution < -0.4 is 10.1 Å². The second-order valence-electron chi connectivity index (χ2n) is 7.64. The van der Waals surface area contributed by atoms with Crippen LogP contribution in [-0.4, -0.2) is 18.0 Å². The summed E-state index contributed by atoms with van der Waals surface area (Å²) in [7, 11) is 1.61. The second kappa shape index (κ2) is 11.5. The Hall–Kier alpha value is -3.56. The van der Waals surface area contributed by atoms with Crippen molar-refractivity contribution >= 4 is 40.2 Å². The first-order valence-electron chi connectivity index (χ1n) is 10.8. The minimum atomic E-state index is -4.33. The van der Waals surface area contributed by atoms with E-state index in [4.69, 9.17) is 4.74 Å². The summed E-state index contributed by atoms with van der Waals surface area (Å²) in [6.45, 7) is 0. The van der Waals surface area contributed by atoms with Crippen molar-refractivity contribution in [2.24, 2.45) is 0 Å². The SMILES string of the molecule is COc1ccc(-c2csc(NC(=O)/C=C/c3ccc(SCc4ccc(C(F)(F)F)cc4)cc3)n2)cc1. The molecular formula is C27H21F3N2O2S2. The van der Waals surface area contributed by atoms with Crippen LogP contribution >= 0.6 is 23.1 Å². The first kappa shape index (κ1) is 25.5. The summed E-state index contributed by atoms with van der Waals surface area (Å²) in [4.78, 5) is 17.7. The topological polar surface area (TPSA) is 51.2 Å². The van der Waals surface area contributed by atoms with E-state index in [9.17, 15) is 18.0 Å². The van der Waals surface area contributed by atoms with Crippen molar-refractivity contribution < 1.29 is 22.7 Å². The third-order valence-electron chi connectivity index (χ3n) is 5.11. The molecule has 0 spiro atoms. The number of aromatic nitrogens is 1. The maximum absolute atomic E-state index is 12.7. The van der Waals surface area contributed by atoms with Crippen LogP contribution in [0.2, 0.25) is 0 Å². The van der Waals surface area contributed by atoms with Gasteiger partial charge in [0.25, 0.3) is 0 Å². The molecule has 4 aromatic rings. The van der Waals surface area contributed by atoms with Crippen LogP contribution in [0, 0.1) is 0 Å². The Morgan fingerprint density at radius 2 is 1.72 bits per heavy atom. The van der Waals surface area contributed by atoms with Crippen molar-refractivity contribution in [3.63, 3.8) is 0 Å². The van der Waals surface area contributed by atoms with Gasteiger partial charge in [-0.1, -0.05) is 24.3 Å². The first-order valence-corrected chi connectivity index (χ1v) is 12.6. The molecule has 0 radical (unpaired) electrons. The Labute approximate surface area is 214 Å². The van der Waals surface area contributed by atoms with E-state index in [0.717, 1.165) is 45.2 Å². The number of hydrogen-bond acceptors (Lipinski definition) is 5. The number of thiazole rings is 1. The molecule has 0 aliphatic carbocycles. The van der Waals surface area contributed by atoms with Crippen LogP contribution in [0.4, 0.5) is 18.3 Å². The van der Waals surface area contributed by atoms with Crippen LogP contribution in [0.1, 0.15) is 16.7 Å². The molecular weight excluding hydrogens is 505 g/mol. The van der Waals surface area contributed by atoms with Crippen molar-refractivity contribution in [3.05, 3.63) is 101 Å². The minimum Gasteiger partial charge on any atom is -0.497 e. The van der Waals surface area contributed by atoms with E-state index in [-0.39, 0.29) is 5.91 Å². The number of nitrogens with one attached hydrogen (secondary N) is 1. The number of thioether (sulfide) groups is 1. The summed E-state index contributed by atoms with van der Waals surface area (Å²) >= 11 is 2.87. The number of amides is 1. The lowest BCUT2D eigenvalue weighted by Gasteiger charge is -2.07. The number of carbonyl (C=O) groups is 1. The Morgan fingerprint density at radius 1 is 1.03 bits per heavy atom. The predicted octanol–water partition coefficient (Wildman–Crippen LogP) is 7.78. The zero-order valence-electron chi connectivity index (χ0n) is 19.1. The number of hydrogen-bond donors (Lipinski definition) is 1. The molecule has 1 N–H and O–H groups in total. The molecule has 184 valence electrons. The maximum atomic E-state index is 12.7. The smallest absolute Gasteiger partial charge is 0.416 e. The lowest BCUT2D eigenvalue weighted by molar-refractivity contribution is -0.137.